The summed E-state index contributed by atoms with van der Waals surface area (Å²) in [6.45, 7) is 0.535. The van der Waals surface area contributed by atoms with E-state index in [2.05, 4.69) is 0 Å². The number of methoxy groups -OCH3 is 1. The van der Waals surface area contributed by atoms with Gasteiger partial charge in [0.15, 0.2) is 6.29 Å². The fraction of sp³-hybridized carbons (Fsp3) is 0.133. The molecule has 0 heterocycles. The Bertz CT molecular complexity index is 567. The van der Waals surface area contributed by atoms with Crippen LogP contribution in [0.15, 0.2) is 52.3 Å². The van der Waals surface area contributed by atoms with Gasteiger partial charge in [0.2, 0.25) is 0 Å². The Labute approximate surface area is 116 Å². The van der Waals surface area contributed by atoms with Crippen molar-refractivity contribution in [2.45, 2.75) is 16.3 Å². The molecule has 2 rings (SSSR count). The molecule has 0 aliphatic carbocycles. The first-order chi connectivity index (χ1) is 9.26. The number of benzene rings is 2. The second-order valence-corrected chi connectivity index (χ2v) is 5.09. The average molecular weight is 273 g/mol. The van der Waals surface area contributed by atoms with E-state index >= 15 is 0 Å². The van der Waals surface area contributed by atoms with Crippen LogP contribution >= 0.6 is 11.8 Å². The molecule has 19 heavy (non-hydrogen) atoms. The van der Waals surface area contributed by atoms with E-state index < -0.39 is 0 Å². The summed E-state index contributed by atoms with van der Waals surface area (Å²) in [7, 11) is 1.59. The van der Waals surface area contributed by atoms with Crippen LogP contribution in [-0.2, 0) is 6.54 Å². The van der Waals surface area contributed by atoms with Gasteiger partial charge in [-0.05, 0) is 35.9 Å². The minimum atomic E-state index is 0.535. The third-order valence-corrected chi connectivity index (χ3v) is 3.83. The topological polar surface area (TPSA) is 52.3 Å². The third kappa shape index (κ3) is 3.36. The van der Waals surface area contributed by atoms with Crippen LogP contribution in [0, 0.1) is 0 Å². The van der Waals surface area contributed by atoms with Crippen molar-refractivity contribution in [3.05, 3.63) is 53.6 Å². The Morgan fingerprint density at radius 3 is 2.53 bits per heavy atom. The maximum atomic E-state index is 11.1. The van der Waals surface area contributed by atoms with Crippen LogP contribution in [0.5, 0.6) is 5.75 Å². The first-order valence-corrected chi connectivity index (χ1v) is 6.68. The molecular formula is C15H15NO2S. The maximum Gasteiger partial charge on any atom is 0.151 e. The van der Waals surface area contributed by atoms with Crippen LogP contribution in [-0.4, -0.2) is 13.4 Å². The zero-order chi connectivity index (χ0) is 13.7. The third-order valence-electron chi connectivity index (χ3n) is 2.73. The van der Waals surface area contributed by atoms with Gasteiger partial charge in [-0.15, -0.1) is 0 Å². The number of carbonyl (C=O) groups excluding carboxylic acids is 1. The molecule has 0 saturated heterocycles. The Morgan fingerprint density at radius 1 is 1.21 bits per heavy atom. The summed E-state index contributed by atoms with van der Waals surface area (Å²) in [4.78, 5) is 13.1. The van der Waals surface area contributed by atoms with Crippen molar-refractivity contribution in [3.63, 3.8) is 0 Å². The molecule has 0 spiro atoms. The summed E-state index contributed by atoms with van der Waals surface area (Å²) < 4.78 is 5.11. The molecule has 4 heteroatoms. The molecule has 3 nitrogen and oxygen atoms in total. The summed E-state index contributed by atoms with van der Waals surface area (Å²) in [5, 5.41) is 0. The predicted molar refractivity (Wildman–Crippen MR) is 76.8 cm³/mol. The van der Waals surface area contributed by atoms with E-state index in [4.69, 9.17) is 10.5 Å². The second-order valence-electron chi connectivity index (χ2n) is 3.97. The van der Waals surface area contributed by atoms with E-state index in [1.54, 1.807) is 24.9 Å². The molecule has 0 saturated carbocycles. The molecule has 2 N–H and O–H groups in total. The molecule has 0 aliphatic rings. The molecule has 0 unspecified atom stereocenters. The average Bonchev–Trinajstić information content (AvgIpc) is 2.48. The molecule has 0 radical (unpaired) electrons. The lowest BCUT2D eigenvalue weighted by molar-refractivity contribution is 0.112. The summed E-state index contributed by atoms with van der Waals surface area (Å²) in [5.74, 6) is 0.685. The highest BCUT2D eigenvalue weighted by Crippen LogP contribution is 2.31. The van der Waals surface area contributed by atoms with Crippen LogP contribution < -0.4 is 10.5 Å². The Kier molecular flexibility index (Phi) is 4.60. The number of hydrogen-bond acceptors (Lipinski definition) is 4. The normalized spacial score (nSPS) is 10.2. The van der Waals surface area contributed by atoms with Gasteiger partial charge in [0, 0.05) is 21.9 Å². The molecule has 2 aromatic carbocycles. The molecule has 0 fully saturated rings. The van der Waals surface area contributed by atoms with Crippen LogP contribution in [0.1, 0.15) is 15.9 Å². The van der Waals surface area contributed by atoms with Crippen molar-refractivity contribution >= 4 is 18.0 Å². The fourth-order valence-corrected chi connectivity index (χ4v) is 2.55. The van der Waals surface area contributed by atoms with Gasteiger partial charge in [-0.3, -0.25) is 4.79 Å². The van der Waals surface area contributed by atoms with Crippen LogP contribution in [0.25, 0.3) is 0 Å². The van der Waals surface area contributed by atoms with E-state index in [1.165, 1.54) is 0 Å². The van der Waals surface area contributed by atoms with Crippen LogP contribution in [0.4, 0.5) is 0 Å². The van der Waals surface area contributed by atoms with Gasteiger partial charge in [-0.1, -0.05) is 23.9 Å². The molecule has 0 amide bonds. The van der Waals surface area contributed by atoms with Crippen LogP contribution in [0.2, 0.25) is 0 Å². The first-order valence-electron chi connectivity index (χ1n) is 5.87. The summed E-state index contributed by atoms with van der Waals surface area (Å²) in [6.07, 6.45) is 0.846. The van der Waals surface area contributed by atoms with Gasteiger partial charge in [0.05, 0.1) is 7.11 Å². The van der Waals surface area contributed by atoms with Crippen molar-refractivity contribution in [3.8, 4) is 5.75 Å². The van der Waals surface area contributed by atoms with E-state index in [9.17, 15) is 4.79 Å². The molecule has 0 aliphatic heterocycles. The van der Waals surface area contributed by atoms with Crippen molar-refractivity contribution in [1.29, 1.82) is 0 Å². The molecule has 0 atom stereocenters. The SMILES string of the molecule is COc1ccc(Sc2ccc(CN)cc2)c(C=O)c1. The minimum absolute atomic E-state index is 0.535. The van der Waals surface area contributed by atoms with Gasteiger partial charge in [-0.2, -0.15) is 0 Å². The lowest BCUT2D eigenvalue weighted by Gasteiger charge is -2.07. The van der Waals surface area contributed by atoms with Crippen molar-refractivity contribution in [2.24, 2.45) is 5.73 Å². The zero-order valence-corrected chi connectivity index (χ0v) is 11.4. The first kappa shape index (κ1) is 13.6. The van der Waals surface area contributed by atoms with Gasteiger partial charge < -0.3 is 10.5 Å². The number of rotatable bonds is 5. The summed E-state index contributed by atoms with van der Waals surface area (Å²) in [5.41, 5.74) is 7.29. The van der Waals surface area contributed by atoms with E-state index in [1.807, 2.05) is 36.4 Å². The van der Waals surface area contributed by atoms with Gasteiger partial charge in [0.1, 0.15) is 5.75 Å². The maximum absolute atomic E-state index is 11.1. The smallest absolute Gasteiger partial charge is 0.151 e. The number of nitrogens with two attached hydrogens (primary N) is 1. The number of hydrogen-bond donors (Lipinski definition) is 1. The molecular weight excluding hydrogens is 258 g/mol. The highest BCUT2D eigenvalue weighted by Gasteiger charge is 2.05. The van der Waals surface area contributed by atoms with Crippen molar-refractivity contribution in [2.75, 3.05) is 7.11 Å². The van der Waals surface area contributed by atoms with Crippen molar-refractivity contribution in [1.82, 2.24) is 0 Å². The standard InChI is InChI=1S/C15H15NO2S/c1-18-13-4-7-15(12(8-13)10-17)19-14-5-2-11(9-16)3-6-14/h2-8,10H,9,16H2,1H3. The monoisotopic (exact) mass is 273 g/mol. The van der Waals surface area contributed by atoms with Gasteiger partial charge in [0.25, 0.3) is 0 Å². The predicted octanol–water partition coefficient (Wildman–Crippen LogP) is 3.12. The Balaban J connectivity index is 2.24. The Morgan fingerprint density at radius 2 is 1.95 bits per heavy atom. The molecule has 98 valence electrons. The number of aldehydes is 1. The molecule has 2 aromatic rings. The van der Waals surface area contributed by atoms with Crippen LogP contribution in [0.3, 0.4) is 0 Å². The lowest BCUT2D eigenvalue weighted by Crippen LogP contribution is -1.95. The molecule has 0 bridgehead atoms. The zero-order valence-electron chi connectivity index (χ0n) is 10.6. The minimum Gasteiger partial charge on any atom is -0.497 e. The van der Waals surface area contributed by atoms with Gasteiger partial charge in [-0.25, -0.2) is 0 Å². The quantitative estimate of drug-likeness (QED) is 0.850. The second kappa shape index (κ2) is 6.41. The van der Waals surface area contributed by atoms with E-state index in [0.29, 0.717) is 17.9 Å². The summed E-state index contributed by atoms with van der Waals surface area (Å²) >= 11 is 1.55. The van der Waals surface area contributed by atoms with Crippen molar-refractivity contribution < 1.29 is 9.53 Å². The largest absolute Gasteiger partial charge is 0.497 e. The Hall–Kier alpha value is -1.78. The fourth-order valence-electron chi connectivity index (χ4n) is 1.66. The van der Waals surface area contributed by atoms with E-state index in [-0.39, 0.29) is 0 Å². The molecule has 0 aromatic heterocycles. The number of carbonyl (C=O) groups is 1. The number of ether oxygens (including phenoxy) is 1. The lowest BCUT2D eigenvalue weighted by atomic mass is 10.2. The highest BCUT2D eigenvalue weighted by molar-refractivity contribution is 7.99. The summed E-state index contributed by atoms with van der Waals surface area (Å²) in [6, 6.07) is 13.5. The van der Waals surface area contributed by atoms with E-state index in [0.717, 1.165) is 21.6 Å². The highest BCUT2D eigenvalue weighted by atomic mass is 32.2. The van der Waals surface area contributed by atoms with Gasteiger partial charge >= 0.3 is 0 Å².